The molecule has 1 aliphatic carbocycles. The normalized spacial score (nSPS) is 22.2. The summed E-state index contributed by atoms with van der Waals surface area (Å²) < 4.78 is 15.5. The van der Waals surface area contributed by atoms with Crippen molar-refractivity contribution in [3.8, 4) is 5.75 Å². The molecule has 0 aliphatic heterocycles. The van der Waals surface area contributed by atoms with Crippen LogP contribution in [-0.2, 0) is 14.3 Å². The molecule has 1 aliphatic rings. The molecule has 0 saturated heterocycles. The monoisotopic (exact) mass is 316 g/mol. The van der Waals surface area contributed by atoms with Crippen molar-refractivity contribution in [3.05, 3.63) is 53.3 Å². The fraction of sp³-hybridized carbons (Fsp3) is 0.421. The highest BCUT2D eigenvalue weighted by Crippen LogP contribution is 2.46. The van der Waals surface area contributed by atoms with Crippen molar-refractivity contribution in [2.45, 2.75) is 19.8 Å². The van der Waals surface area contributed by atoms with Crippen LogP contribution < -0.4 is 4.74 Å². The highest BCUT2D eigenvalue weighted by atomic mass is 16.5. The van der Waals surface area contributed by atoms with E-state index in [1.807, 2.05) is 12.1 Å². The molecule has 2 atom stereocenters. The van der Waals surface area contributed by atoms with Gasteiger partial charge in [-0.1, -0.05) is 26.0 Å². The molecule has 2 rings (SSSR count). The number of carbonyl (C=O) groups excluding carboxylic acids is 1. The van der Waals surface area contributed by atoms with Gasteiger partial charge in [-0.3, -0.25) is 0 Å². The summed E-state index contributed by atoms with van der Waals surface area (Å²) in [5.74, 6) is 1.89. The Morgan fingerprint density at radius 3 is 2.22 bits per heavy atom. The molecule has 0 spiro atoms. The van der Waals surface area contributed by atoms with Crippen molar-refractivity contribution in [1.82, 2.24) is 0 Å². The standard InChI is InChI=1S/C19H24O4/c1-12(2)19-15(13-6-8-14(21-3)9-7-13)10-17(22-4)16(19)11-18(20)23-5/h6-12,15,19H,1-5H3/b16-11+/t15-,19-/m1/s1. The molecule has 23 heavy (non-hydrogen) atoms. The minimum Gasteiger partial charge on any atom is -0.497 e. The van der Waals surface area contributed by atoms with Gasteiger partial charge >= 0.3 is 5.97 Å². The van der Waals surface area contributed by atoms with Gasteiger partial charge in [-0.2, -0.15) is 0 Å². The van der Waals surface area contributed by atoms with Crippen LogP contribution in [0, 0.1) is 11.8 Å². The van der Waals surface area contributed by atoms with E-state index in [0.29, 0.717) is 5.92 Å². The molecule has 0 N–H and O–H groups in total. The van der Waals surface area contributed by atoms with Gasteiger partial charge in [0.05, 0.1) is 21.3 Å². The molecule has 1 aromatic carbocycles. The number of allylic oxidation sites excluding steroid dienone is 2. The van der Waals surface area contributed by atoms with Gasteiger partial charge in [-0.25, -0.2) is 4.79 Å². The first-order chi connectivity index (χ1) is 11.0. The summed E-state index contributed by atoms with van der Waals surface area (Å²) in [6.07, 6.45) is 3.63. The number of benzene rings is 1. The Hall–Kier alpha value is -2.23. The van der Waals surface area contributed by atoms with Gasteiger partial charge in [-0.15, -0.1) is 0 Å². The molecule has 4 nitrogen and oxygen atoms in total. The molecule has 0 heterocycles. The Morgan fingerprint density at radius 1 is 1.09 bits per heavy atom. The van der Waals surface area contributed by atoms with E-state index in [4.69, 9.17) is 14.2 Å². The quantitative estimate of drug-likeness (QED) is 0.614. The zero-order valence-corrected chi connectivity index (χ0v) is 14.3. The lowest BCUT2D eigenvalue weighted by molar-refractivity contribution is -0.134. The van der Waals surface area contributed by atoms with Gasteiger partial charge in [0.25, 0.3) is 0 Å². The predicted octanol–water partition coefficient (Wildman–Crippen LogP) is 3.69. The van der Waals surface area contributed by atoms with E-state index in [9.17, 15) is 4.79 Å². The number of methoxy groups -OCH3 is 3. The molecule has 0 radical (unpaired) electrons. The largest absolute Gasteiger partial charge is 0.497 e. The molecular weight excluding hydrogens is 292 g/mol. The van der Waals surface area contributed by atoms with Crippen LogP contribution >= 0.6 is 0 Å². The van der Waals surface area contributed by atoms with Crippen LogP contribution in [0.25, 0.3) is 0 Å². The summed E-state index contributed by atoms with van der Waals surface area (Å²) in [4.78, 5) is 11.7. The van der Waals surface area contributed by atoms with Gasteiger partial charge in [0, 0.05) is 23.5 Å². The van der Waals surface area contributed by atoms with Crippen molar-refractivity contribution in [1.29, 1.82) is 0 Å². The smallest absolute Gasteiger partial charge is 0.330 e. The second-order valence-electron chi connectivity index (χ2n) is 5.93. The molecule has 0 bridgehead atoms. The van der Waals surface area contributed by atoms with Crippen molar-refractivity contribution >= 4 is 5.97 Å². The van der Waals surface area contributed by atoms with Gasteiger partial charge in [0.1, 0.15) is 11.5 Å². The molecule has 1 aromatic rings. The van der Waals surface area contributed by atoms with Crippen molar-refractivity contribution in [2.24, 2.45) is 11.8 Å². The summed E-state index contributed by atoms with van der Waals surface area (Å²) in [5, 5.41) is 0. The van der Waals surface area contributed by atoms with E-state index in [2.05, 4.69) is 32.1 Å². The van der Waals surface area contributed by atoms with Crippen LogP contribution in [0.1, 0.15) is 25.3 Å². The molecule has 0 saturated carbocycles. The number of carbonyl (C=O) groups is 1. The summed E-state index contributed by atoms with van der Waals surface area (Å²) >= 11 is 0. The first kappa shape index (κ1) is 17.1. The molecule has 0 amide bonds. The number of ether oxygens (including phenoxy) is 3. The molecular formula is C19H24O4. The maximum atomic E-state index is 11.7. The fourth-order valence-corrected chi connectivity index (χ4v) is 3.16. The Labute approximate surface area is 137 Å². The van der Waals surface area contributed by atoms with E-state index in [0.717, 1.165) is 17.1 Å². The molecule has 4 heteroatoms. The maximum Gasteiger partial charge on any atom is 0.330 e. The fourth-order valence-electron chi connectivity index (χ4n) is 3.16. The Morgan fingerprint density at radius 2 is 1.74 bits per heavy atom. The highest BCUT2D eigenvalue weighted by molar-refractivity contribution is 5.84. The summed E-state index contributed by atoms with van der Waals surface area (Å²) in [6.45, 7) is 4.30. The van der Waals surface area contributed by atoms with Crippen molar-refractivity contribution in [3.63, 3.8) is 0 Å². The number of rotatable bonds is 5. The minimum absolute atomic E-state index is 0.159. The third kappa shape index (κ3) is 3.58. The Bertz CT molecular complexity index is 611. The Balaban J connectivity index is 2.43. The summed E-state index contributed by atoms with van der Waals surface area (Å²) in [5.41, 5.74) is 2.07. The van der Waals surface area contributed by atoms with Crippen LogP contribution in [0.4, 0.5) is 0 Å². The lowest BCUT2D eigenvalue weighted by Crippen LogP contribution is -2.17. The van der Waals surface area contributed by atoms with Crippen molar-refractivity contribution < 1.29 is 19.0 Å². The number of esters is 1. The second kappa shape index (κ2) is 7.36. The average Bonchev–Trinajstić information content (AvgIpc) is 2.93. The lowest BCUT2D eigenvalue weighted by atomic mass is 9.79. The summed E-state index contributed by atoms with van der Waals surface area (Å²) in [6, 6.07) is 8.03. The van der Waals surface area contributed by atoms with Crippen LogP contribution in [0.5, 0.6) is 5.75 Å². The third-order valence-electron chi connectivity index (χ3n) is 4.27. The number of hydrogen-bond acceptors (Lipinski definition) is 4. The van der Waals surface area contributed by atoms with E-state index in [1.54, 1.807) is 20.3 Å². The van der Waals surface area contributed by atoms with Gasteiger partial charge < -0.3 is 14.2 Å². The average molecular weight is 316 g/mol. The van der Waals surface area contributed by atoms with Crippen LogP contribution in [-0.4, -0.2) is 27.3 Å². The third-order valence-corrected chi connectivity index (χ3v) is 4.27. The first-order valence-corrected chi connectivity index (χ1v) is 7.71. The maximum absolute atomic E-state index is 11.7. The minimum atomic E-state index is -0.357. The van der Waals surface area contributed by atoms with Crippen molar-refractivity contribution in [2.75, 3.05) is 21.3 Å². The molecule has 0 fully saturated rings. The molecule has 0 unspecified atom stereocenters. The number of hydrogen-bond donors (Lipinski definition) is 0. The van der Waals surface area contributed by atoms with Gasteiger partial charge in [0.15, 0.2) is 0 Å². The van der Waals surface area contributed by atoms with E-state index in [1.165, 1.54) is 12.7 Å². The van der Waals surface area contributed by atoms with E-state index < -0.39 is 0 Å². The van der Waals surface area contributed by atoms with E-state index in [-0.39, 0.29) is 17.8 Å². The zero-order chi connectivity index (χ0) is 17.0. The molecule has 0 aromatic heterocycles. The Kier molecular flexibility index (Phi) is 5.48. The molecule has 124 valence electrons. The van der Waals surface area contributed by atoms with E-state index >= 15 is 0 Å². The SMILES string of the molecule is COC(=O)/C=C1\C(OC)=C[C@H](c2ccc(OC)cc2)[C@H]1C(C)C. The predicted molar refractivity (Wildman–Crippen MR) is 89.3 cm³/mol. The second-order valence-corrected chi connectivity index (χ2v) is 5.93. The lowest BCUT2D eigenvalue weighted by Gasteiger charge is -2.25. The van der Waals surface area contributed by atoms with Crippen LogP contribution in [0.3, 0.4) is 0 Å². The van der Waals surface area contributed by atoms with Gasteiger partial charge in [-0.05, 0) is 29.7 Å². The topological polar surface area (TPSA) is 44.8 Å². The van der Waals surface area contributed by atoms with Crippen LogP contribution in [0.15, 0.2) is 47.7 Å². The summed E-state index contributed by atoms with van der Waals surface area (Å²) in [7, 11) is 4.67. The first-order valence-electron chi connectivity index (χ1n) is 7.71. The highest BCUT2D eigenvalue weighted by Gasteiger charge is 2.36. The van der Waals surface area contributed by atoms with Gasteiger partial charge in [0.2, 0.25) is 0 Å². The zero-order valence-electron chi connectivity index (χ0n) is 14.3. The van der Waals surface area contributed by atoms with Crippen LogP contribution in [0.2, 0.25) is 0 Å².